The maximum Gasteiger partial charge on any atom is 0.243 e. The van der Waals surface area contributed by atoms with Gasteiger partial charge in [0.1, 0.15) is 0 Å². The average molecular weight is 267 g/mol. The highest BCUT2D eigenvalue weighted by Crippen LogP contribution is 2.27. The monoisotopic (exact) mass is 267 g/mol. The Bertz CT molecular complexity index is 468. The summed E-state index contributed by atoms with van der Waals surface area (Å²) in [6.07, 6.45) is 5.12. The second-order valence-electron chi connectivity index (χ2n) is 4.87. The first-order chi connectivity index (χ1) is 8.66. The summed E-state index contributed by atoms with van der Waals surface area (Å²) >= 11 is 0. The summed E-state index contributed by atoms with van der Waals surface area (Å²) < 4.78 is 26.9. The Kier molecular flexibility index (Phi) is 4.40. The second kappa shape index (κ2) is 5.85. The zero-order valence-electron chi connectivity index (χ0n) is 10.9. The van der Waals surface area contributed by atoms with Gasteiger partial charge in [0.25, 0.3) is 0 Å². The van der Waals surface area contributed by atoms with E-state index in [2.05, 4.69) is 6.92 Å². The summed E-state index contributed by atoms with van der Waals surface area (Å²) in [6, 6.07) is 8.98. The molecule has 0 bridgehead atoms. The third kappa shape index (κ3) is 2.75. The van der Waals surface area contributed by atoms with Gasteiger partial charge in [-0.25, -0.2) is 8.42 Å². The molecule has 1 aliphatic heterocycles. The highest BCUT2D eigenvalue weighted by atomic mass is 32.2. The van der Waals surface area contributed by atoms with E-state index in [1.807, 2.05) is 6.07 Å². The van der Waals surface area contributed by atoms with Crippen LogP contribution in [0.1, 0.15) is 39.0 Å². The van der Waals surface area contributed by atoms with Crippen LogP contribution in [0.25, 0.3) is 0 Å². The standard InChI is InChI=1S/C14H21NO2S/c1-2-8-13-9-6-7-12-15(13)18(16,17)14-10-4-3-5-11-14/h3-5,10-11,13H,2,6-9,12H2,1H3/t13-/m0/s1. The van der Waals surface area contributed by atoms with Crippen LogP contribution in [0.4, 0.5) is 0 Å². The highest BCUT2D eigenvalue weighted by molar-refractivity contribution is 7.89. The van der Waals surface area contributed by atoms with Gasteiger partial charge < -0.3 is 0 Å². The van der Waals surface area contributed by atoms with Crippen LogP contribution in [-0.4, -0.2) is 25.3 Å². The van der Waals surface area contributed by atoms with Crippen LogP contribution in [0, 0.1) is 0 Å². The average Bonchev–Trinajstić information content (AvgIpc) is 2.41. The first kappa shape index (κ1) is 13.6. The molecule has 1 heterocycles. The Hall–Kier alpha value is -0.870. The molecule has 2 rings (SSSR count). The van der Waals surface area contributed by atoms with E-state index in [9.17, 15) is 8.42 Å². The Morgan fingerprint density at radius 2 is 1.94 bits per heavy atom. The number of rotatable bonds is 4. The molecule has 0 aromatic heterocycles. The van der Waals surface area contributed by atoms with Gasteiger partial charge in [-0.05, 0) is 31.4 Å². The summed E-state index contributed by atoms with van der Waals surface area (Å²) in [5.74, 6) is 0. The van der Waals surface area contributed by atoms with Gasteiger partial charge in [-0.1, -0.05) is 38.0 Å². The Morgan fingerprint density at radius 3 is 2.61 bits per heavy atom. The molecule has 3 nitrogen and oxygen atoms in total. The predicted octanol–water partition coefficient (Wildman–Crippen LogP) is 3.03. The first-order valence-electron chi connectivity index (χ1n) is 6.73. The van der Waals surface area contributed by atoms with Crippen molar-refractivity contribution in [3.05, 3.63) is 30.3 Å². The number of sulfonamides is 1. The zero-order valence-corrected chi connectivity index (χ0v) is 11.7. The molecule has 1 aromatic carbocycles. The lowest BCUT2D eigenvalue weighted by Gasteiger charge is -2.34. The molecular weight excluding hydrogens is 246 g/mol. The van der Waals surface area contributed by atoms with E-state index in [0.29, 0.717) is 11.4 Å². The molecule has 4 heteroatoms. The predicted molar refractivity (Wildman–Crippen MR) is 72.9 cm³/mol. The van der Waals surface area contributed by atoms with Crippen LogP contribution in [-0.2, 0) is 10.0 Å². The van der Waals surface area contributed by atoms with E-state index >= 15 is 0 Å². The molecule has 0 amide bonds. The SMILES string of the molecule is CCC[C@H]1CCCCN1S(=O)(=O)c1ccccc1. The van der Waals surface area contributed by atoms with Crippen LogP contribution < -0.4 is 0 Å². The lowest BCUT2D eigenvalue weighted by Crippen LogP contribution is -2.43. The summed E-state index contributed by atoms with van der Waals surface area (Å²) in [5, 5.41) is 0. The largest absolute Gasteiger partial charge is 0.243 e. The van der Waals surface area contributed by atoms with Gasteiger partial charge in [0.2, 0.25) is 10.0 Å². The van der Waals surface area contributed by atoms with Crippen LogP contribution in [0.5, 0.6) is 0 Å². The van der Waals surface area contributed by atoms with Crippen LogP contribution >= 0.6 is 0 Å². The molecule has 0 radical (unpaired) electrons. The number of hydrogen-bond acceptors (Lipinski definition) is 2. The quantitative estimate of drug-likeness (QED) is 0.841. The van der Waals surface area contributed by atoms with Crippen molar-refractivity contribution in [2.45, 2.75) is 50.0 Å². The third-order valence-electron chi connectivity index (χ3n) is 3.54. The molecule has 0 unspecified atom stereocenters. The van der Waals surface area contributed by atoms with Crippen molar-refractivity contribution in [3.63, 3.8) is 0 Å². The van der Waals surface area contributed by atoms with Gasteiger partial charge in [0, 0.05) is 12.6 Å². The fourth-order valence-electron chi connectivity index (χ4n) is 2.64. The Morgan fingerprint density at radius 1 is 1.22 bits per heavy atom. The molecular formula is C14H21NO2S. The smallest absolute Gasteiger partial charge is 0.207 e. The maximum absolute atomic E-state index is 12.6. The number of piperidine rings is 1. The number of nitrogens with zero attached hydrogens (tertiary/aromatic N) is 1. The van der Waals surface area contributed by atoms with Crippen molar-refractivity contribution in [3.8, 4) is 0 Å². The molecule has 1 fully saturated rings. The molecule has 1 atom stereocenters. The topological polar surface area (TPSA) is 37.4 Å². The van der Waals surface area contributed by atoms with Crippen molar-refractivity contribution in [1.82, 2.24) is 4.31 Å². The summed E-state index contributed by atoms with van der Waals surface area (Å²) in [4.78, 5) is 0.424. The van der Waals surface area contributed by atoms with E-state index in [4.69, 9.17) is 0 Å². The van der Waals surface area contributed by atoms with Crippen molar-refractivity contribution in [1.29, 1.82) is 0 Å². The fourth-order valence-corrected chi connectivity index (χ4v) is 4.38. The van der Waals surface area contributed by atoms with Crippen LogP contribution in [0.3, 0.4) is 0 Å². The minimum Gasteiger partial charge on any atom is -0.207 e. The van der Waals surface area contributed by atoms with E-state index in [1.165, 1.54) is 0 Å². The highest BCUT2D eigenvalue weighted by Gasteiger charge is 2.32. The minimum absolute atomic E-state index is 0.189. The molecule has 0 saturated carbocycles. The summed E-state index contributed by atoms with van der Waals surface area (Å²) in [5.41, 5.74) is 0. The molecule has 1 aliphatic rings. The van der Waals surface area contributed by atoms with E-state index < -0.39 is 10.0 Å². The molecule has 1 aromatic rings. The van der Waals surface area contributed by atoms with Crippen molar-refractivity contribution in [2.75, 3.05) is 6.54 Å². The van der Waals surface area contributed by atoms with Gasteiger partial charge in [-0.15, -0.1) is 0 Å². The number of benzene rings is 1. The number of hydrogen-bond donors (Lipinski definition) is 0. The Labute approximate surface area is 110 Å². The minimum atomic E-state index is -3.30. The normalized spacial score (nSPS) is 21.9. The van der Waals surface area contributed by atoms with Gasteiger partial charge in [0.05, 0.1) is 4.90 Å². The van der Waals surface area contributed by atoms with Gasteiger partial charge in [0.15, 0.2) is 0 Å². The first-order valence-corrected chi connectivity index (χ1v) is 8.17. The lowest BCUT2D eigenvalue weighted by atomic mass is 10.0. The summed E-state index contributed by atoms with van der Waals surface area (Å²) in [6.45, 7) is 2.78. The third-order valence-corrected chi connectivity index (χ3v) is 5.51. The van der Waals surface area contributed by atoms with Gasteiger partial charge in [-0.3, -0.25) is 0 Å². The molecule has 0 N–H and O–H groups in total. The molecule has 0 spiro atoms. The van der Waals surface area contributed by atoms with Crippen LogP contribution in [0.15, 0.2) is 35.2 Å². The molecule has 18 heavy (non-hydrogen) atoms. The van der Waals surface area contributed by atoms with E-state index in [-0.39, 0.29) is 6.04 Å². The van der Waals surface area contributed by atoms with Crippen molar-refractivity contribution < 1.29 is 8.42 Å². The maximum atomic E-state index is 12.6. The van der Waals surface area contributed by atoms with Crippen molar-refractivity contribution >= 4 is 10.0 Å². The summed E-state index contributed by atoms with van der Waals surface area (Å²) in [7, 11) is -3.30. The molecule has 100 valence electrons. The van der Waals surface area contributed by atoms with Crippen molar-refractivity contribution in [2.24, 2.45) is 0 Å². The zero-order chi connectivity index (χ0) is 13.0. The lowest BCUT2D eigenvalue weighted by molar-refractivity contribution is 0.239. The van der Waals surface area contributed by atoms with E-state index in [1.54, 1.807) is 28.6 Å². The van der Waals surface area contributed by atoms with Gasteiger partial charge in [-0.2, -0.15) is 4.31 Å². The Balaban J connectivity index is 2.27. The van der Waals surface area contributed by atoms with E-state index in [0.717, 1.165) is 32.1 Å². The van der Waals surface area contributed by atoms with Gasteiger partial charge >= 0.3 is 0 Å². The van der Waals surface area contributed by atoms with Crippen LogP contribution in [0.2, 0.25) is 0 Å². The second-order valence-corrected chi connectivity index (χ2v) is 6.76. The molecule has 0 aliphatic carbocycles. The fraction of sp³-hybridized carbons (Fsp3) is 0.571. The molecule has 1 saturated heterocycles.